The number of H-pyrrole nitrogens is 1. The van der Waals surface area contributed by atoms with Crippen molar-refractivity contribution < 1.29 is 33.0 Å². The molecule has 0 radical (unpaired) electrons. The van der Waals surface area contributed by atoms with Gasteiger partial charge in [0.15, 0.2) is 0 Å². The molecule has 0 fully saturated rings. The lowest BCUT2D eigenvalue weighted by Gasteiger charge is -2.21. The number of primary amides is 1. The summed E-state index contributed by atoms with van der Waals surface area (Å²) in [7, 11) is -0.757. The number of phenolic OH excluding ortho intramolecular Hbond substituents is 1. The molecule has 2 heterocycles. The van der Waals surface area contributed by atoms with E-state index in [2.05, 4.69) is 32.4 Å². The van der Waals surface area contributed by atoms with Gasteiger partial charge in [-0.2, -0.15) is 0 Å². The number of fused-ring (bicyclic) bond motifs is 2. The largest absolute Gasteiger partial charge is 0.506 e. The Hall–Kier alpha value is -7.51. The Morgan fingerprint density at radius 2 is 1.71 bits per heavy atom. The summed E-state index contributed by atoms with van der Waals surface area (Å²) in [5, 5.41) is 28.0. The normalized spacial score (nSPS) is 11.8. The first kappa shape index (κ1) is 43.6. The standard InChI is InChI=1S/C48H44N6O8S/c1-29-23-36(26-39-44(29)50-27-40(47(49)58)45(39)51-33-11-8-12-34(25-33)62-3)63(60,61)35-13-7-10-31(24-35)48(59)52-32-16-14-30(15-17-32)9-5-4-6-22-54(2)28-42(56)37-18-20-41(55)46-38(37)19-21-43(57)53-46/h7-8,10-21,23-27,42,55-56H,4,6,22,28H2,1-3H3,(H2,49,58)(H,50,51)(H,52,59)(H,53,57)/t42-/m0/s1. The highest BCUT2D eigenvalue weighted by Crippen LogP contribution is 2.35. The van der Waals surface area contributed by atoms with Crippen LogP contribution >= 0.6 is 0 Å². The molecular weight excluding hydrogens is 821 g/mol. The van der Waals surface area contributed by atoms with E-state index in [0.29, 0.717) is 64.1 Å². The third-order valence-corrected chi connectivity index (χ3v) is 12.2. The van der Waals surface area contributed by atoms with Crippen molar-refractivity contribution >= 4 is 60.5 Å². The minimum Gasteiger partial charge on any atom is -0.506 e. The number of aromatic nitrogens is 2. The number of nitrogens with zero attached hydrogens (tertiary/aromatic N) is 2. The fourth-order valence-corrected chi connectivity index (χ4v) is 8.60. The Morgan fingerprint density at radius 1 is 0.937 bits per heavy atom. The molecule has 15 heteroatoms. The number of phenols is 1. The minimum absolute atomic E-state index is 0.0615. The summed E-state index contributed by atoms with van der Waals surface area (Å²) in [6.45, 7) is 2.73. The first-order chi connectivity index (χ1) is 30.2. The average Bonchev–Trinajstić information content (AvgIpc) is 3.27. The number of methoxy groups -OCH3 is 1. The number of pyridine rings is 2. The van der Waals surface area contributed by atoms with Gasteiger partial charge in [-0.1, -0.05) is 30.0 Å². The van der Waals surface area contributed by atoms with Crippen molar-refractivity contribution in [2.45, 2.75) is 35.7 Å². The summed E-state index contributed by atoms with van der Waals surface area (Å²) in [5.41, 5.74) is 9.58. The molecule has 1 atom stereocenters. The Labute approximate surface area is 363 Å². The van der Waals surface area contributed by atoms with Gasteiger partial charge in [0.1, 0.15) is 11.5 Å². The number of likely N-dealkylation sites (N-methyl/N-ethyl adjacent to an activating group) is 1. The second kappa shape index (κ2) is 18.6. The summed E-state index contributed by atoms with van der Waals surface area (Å²) < 4.78 is 33.7. The maximum Gasteiger partial charge on any atom is 0.255 e. The number of aliphatic hydroxyl groups excluding tert-OH is 1. The van der Waals surface area contributed by atoms with Gasteiger partial charge in [0.25, 0.3) is 11.8 Å². The maximum atomic E-state index is 14.2. The molecule has 2 aromatic heterocycles. The Morgan fingerprint density at radius 3 is 2.48 bits per heavy atom. The molecule has 0 saturated heterocycles. The topological polar surface area (TPSA) is 217 Å². The van der Waals surface area contributed by atoms with E-state index in [0.717, 1.165) is 12.0 Å². The molecule has 320 valence electrons. The molecule has 7 aromatic rings. The quantitative estimate of drug-likeness (QED) is 0.0492. The monoisotopic (exact) mass is 864 g/mol. The number of carbonyl (C=O) groups excluding carboxylic acids is 2. The highest BCUT2D eigenvalue weighted by atomic mass is 32.2. The van der Waals surface area contributed by atoms with Gasteiger partial charge < -0.3 is 41.2 Å². The second-order valence-corrected chi connectivity index (χ2v) is 16.9. The van der Waals surface area contributed by atoms with E-state index in [1.807, 2.05) is 11.9 Å². The number of nitrogens with two attached hydrogens (primary N) is 1. The molecule has 0 aliphatic carbocycles. The molecule has 14 nitrogen and oxygen atoms in total. The summed E-state index contributed by atoms with van der Waals surface area (Å²) in [5.74, 6) is 5.53. The van der Waals surface area contributed by atoms with Gasteiger partial charge in [0, 0.05) is 64.6 Å². The summed E-state index contributed by atoms with van der Waals surface area (Å²) in [4.78, 5) is 46.5. The second-order valence-electron chi connectivity index (χ2n) is 14.9. The van der Waals surface area contributed by atoms with Gasteiger partial charge in [-0.25, -0.2) is 8.42 Å². The zero-order valence-electron chi connectivity index (χ0n) is 34.6. The van der Waals surface area contributed by atoms with E-state index in [1.54, 1.807) is 67.6 Å². The van der Waals surface area contributed by atoms with Crippen molar-refractivity contribution in [3.63, 3.8) is 0 Å². The molecular formula is C48H44N6O8S. The summed E-state index contributed by atoms with van der Waals surface area (Å²) in [6.07, 6.45) is 1.87. The van der Waals surface area contributed by atoms with Gasteiger partial charge in [0.05, 0.1) is 45.3 Å². The highest BCUT2D eigenvalue weighted by molar-refractivity contribution is 7.91. The van der Waals surface area contributed by atoms with Crippen molar-refractivity contribution in [2.75, 3.05) is 37.9 Å². The molecule has 0 saturated carbocycles. The van der Waals surface area contributed by atoms with Gasteiger partial charge in [-0.3, -0.25) is 19.4 Å². The van der Waals surface area contributed by atoms with Crippen LogP contribution in [0, 0.1) is 18.8 Å². The number of ether oxygens (including phenoxy) is 1. The van der Waals surface area contributed by atoms with E-state index >= 15 is 0 Å². The predicted octanol–water partition coefficient (Wildman–Crippen LogP) is 6.82. The van der Waals surface area contributed by atoms with Crippen molar-refractivity contribution in [1.82, 2.24) is 14.9 Å². The SMILES string of the molecule is COc1cccc(Nc2c(C(N)=O)cnc3c(C)cc(S(=O)(=O)c4cccc(C(=O)Nc5ccc(C#CCCCN(C)C[C@H](O)c6ccc(O)c7[nH]c(=O)ccc67)cc5)c4)cc23)c1. The van der Waals surface area contributed by atoms with Gasteiger partial charge >= 0.3 is 0 Å². The first-order valence-corrected chi connectivity index (χ1v) is 21.3. The first-order valence-electron chi connectivity index (χ1n) is 19.8. The van der Waals surface area contributed by atoms with Crippen LogP contribution in [-0.4, -0.2) is 72.6 Å². The van der Waals surface area contributed by atoms with Crippen molar-refractivity contribution in [2.24, 2.45) is 5.73 Å². The summed E-state index contributed by atoms with van der Waals surface area (Å²) in [6, 6.07) is 28.7. The number of aryl methyl sites for hydroxylation is 1. The number of nitrogens with one attached hydrogen (secondary N) is 3. The molecule has 0 bridgehead atoms. The number of unbranched alkanes of at least 4 members (excludes halogenated alkanes) is 1. The lowest BCUT2D eigenvalue weighted by atomic mass is 10.0. The van der Waals surface area contributed by atoms with E-state index in [4.69, 9.17) is 10.5 Å². The van der Waals surface area contributed by atoms with Crippen LogP contribution in [0.3, 0.4) is 0 Å². The lowest BCUT2D eigenvalue weighted by molar-refractivity contribution is 0.0998. The third-order valence-electron chi connectivity index (χ3n) is 10.4. The molecule has 0 unspecified atom stereocenters. The molecule has 2 amide bonds. The number of benzene rings is 5. The van der Waals surface area contributed by atoms with Crippen LogP contribution in [0.15, 0.2) is 130 Å². The third kappa shape index (κ3) is 9.84. The van der Waals surface area contributed by atoms with Gasteiger partial charge in [0.2, 0.25) is 15.4 Å². The fourth-order valence-electron chi connectivity index (χ4n) is 7.19. The lowest BCUT2D eigenvalue weighted by Crippen LogP contribution is -2.25. The van der Waals surface area contributed by atoms with Crippen LogP contribution in [-0.2, 0) is 9.84 Å². The van der Waals surface area contributed by atoms with Crippen molar-refractivity contribution in [3.8, 4) is 23.3 Å². The molecule has 0 aliphatic heterocycles. The van der Waals surface area contributed by atoms with E-state index in [1.165, 1.54) is 61.8 Å². The fraction of sp³-hybridized carbons (Fsp3) is 0.167. The number of amides is 2. The number of hydrogen-bond donors (Lipinski definition) is 6. The van der Waals surface area contributed by atoms with Crippen LogP contribution < -0.4 is 26.7 Å². The summed E-state index contributed by atoms with van der Waals surface area (Å²) >= 11 is 0. The van der Waals surface area contributed by atoms with Crippen LogP contribution in [0.4, 0.5) is 17.1 Å². The average molecular weight is 865 g/mol. The van der Waals surface area contributed by atoms with Crippen molar-refractivity contribution in [1.29, 1.82) is 0 Å². The van der Waals surface area contributed by atoms with E-state index in [-0.39, 0.29) is 43.4 Å². The highest BCUT2D eigenvalue weighted by Gasteiger charge is 2.24. The molecule has 63 heavy (non-hydrogen) atoms. The zero-order valence-corrected chi connectivity index (χ0v) is 35.4. The molecule has 5 aromatic carbocycles. The van der Waals surface area contributed by atoms with Gasteiger partial charge in [-0.05, 0) is 117 Å². The zero-order chi connectivity index (χ0) is 44.8. The number of aromatic amines is 1. The number of rotatable bonds is 14. The Kier molecular flexibility index (Phi) is 12.9. The smallest absolute Gasteiger partial charge is 0.255 e. The molecule has 0 spiro atoms. The molecule has 7 N–H and O–H groups in total. The number of anilines is 3. The van der Waals surface area contributed by atoms with Crippen LogP contribution in [0.25, 0.3) is 21.8 Å². The molecule has 7 rings (SSSR count). The van der Waals surface area contributed by atoms with Crippen LogP contribution in [0.1, 0.15) is 56.4 Å². The number of aromatic hydroxyl groups is 1. The van der Waals surface area contributed by atoms with Crippen molar-refractivity contribution in [3.05, 3.63) is 154 Å². The van der Waals surface area contributed by atoms with Crippen LogP contribution in [0.5, 0.6) is 11.5 Å². The van der Waals surface area contributed by atoms with Gasteiger partial charge in [-0.15, -0.1) is 0 Å². The number of sulfone groups is 1. The Bertz CT molecular complexity index is 3120. The molecule has 0 aliphatic rings. The van der Waals surface area contributed by atoms with E-state index < -0.39 is 27.8 Å². The minimum atomic E-state index is -4.18. The van der Waals surface area contributed by atoms with E-state index in [9.17, 15) is 33.0 Å². The number of aliphatic hydroxyl groups is 1. The predicted molar refractivity (Wildman–Crippen MR) is 242 cm³/mol. The number of carbonyl (C=O) groups is 2. The van der Waals surface area contributed by atoms with Crippen LogP contribution in [0.2, 0.25) is 0 Å². The Balaban J connectivity index is 0.985. The number of hydrogen-bond acceptors (Lipinski definition) is 11. The maximum absolute atomic E-state index is 14.2.